The van der Waals surface area contributed by atoms with Crippen LogP contribution in [-0.4, -0.2) is 35.1 Å². The molecule has 1 heterocycles. The molecule has 2 aromatic rings. The minimum Gasteiger partial charge on any atom is -0.497 e. The lowest BCUT2D eigenvalue weighted by molar-refractivity contribution is -0.142. The van der Waals surface area contributed by atoms with Crippen molar-refractivity contribution in [1.29, 1.82) is 0 Å². The molecule has 3 N–H and O–H groups in total. The van der Waals surface area contributed by atoms with E-state index in [2.05, 4.69) is 10.3 Å². The molecule has 124 valence electrons. The van der Waals surface area contributed by atoms with Gasteiger partial charge in [0, 0.05) is 17.1 Å². The average Bonchev–Trinajstić information content (AvgIpc) is 2.88. The number of aromatic amines is 1. The van der Waals surface area contributed by atoms with Crippen molar-refractivity contribution in [2.75, 3.05) is 7.11 Å². The average molecular weight is 318 g/mol. The van der Waals surface area contributed by atoms with Crippen molar-refractivity contribution in [2.45, 2.75) is 32.7 Å². The van der Waals surface area contributed by atoms with Gasteiger partial charge in [0.05, 0.1) is 13.5 Å². The number of nitrogens with one attached hydrogen (secondary N) is 2. The molecular weight excluding hydrogens is 296 g/mol. The SMILES string of the molecule is COc1ccc2[nH]cc(CC(=O)N[C@@H](CC(C)C)C(=O)O)c2c1. The zero-order valence-corrected chi connectivity index (χ0v) is 13.6. The first kappa shape index (κ1) is 16.9. The molecule has 2 rings (SSSR count). The fourth-order valence-electron chi connectivity index (χ4n) is 2.54. The molecule has 0 aliphatic carbocycles. The van der Waals surface area contributed by atoms with E-state index in [4.69, 9.17) is 4.74 Å². The molecule has 6 nitrogen and oxygen atoms in total. The van der Waals surface area contributed by atoms with Crippen LogP contribution in [0.4, 0.5) is 0 Å². The van der Waals surface area contributed by atoms with E-state index in [1.807, 2.05) is 32.0 Å². The van der Waals surface area contributed by atoms with E-state index in [-0.39, 0.29) is 18.2 Å². The Labute approximate surface area is 134 Å². The molecule has 23 heavy (non-hydrogen) atoms. The summed E-state index contributed by atoms with van der Waals surface area (Å²) in [7, 11) is 1.59. The highest BCUT2D eigenvalue weighted by atomic mass is 16.5. The van der Waals surface area contributed by atoms with Crippen LogP contribution in [0.3, 0.4) is 0 Å². The van der Waals surface area contributed by atoms with Gasteiger partial charge in [0.25, 0.3) is 0 Å². The molecule has 0 radical (unpaired) electrons. The number of methoxy groups -OCH3 is 1. The highest BCUT2D eigenvalue weighted by Crippen LogP contribution is 2.24. The van der Waals surface area contributed by atoms with E-state index in [0.717, 1.165) is 16.5 Å². The number of carboxylic acid groups (broad SMARTS) is 1. The number of hydrogen-bond acceptors (Lipinski definition) is 3. The number of carbonyl (C=O) groups excluding carboxylic acids is 1. The number of fused-ring (bicyclic) bond motifs is 1. The lowest BCUT2D eigenvalue weighted by Gasteiger charge is -2.16. The summed E-state index contributed by atoms with van der Waals surface area (Å²) in [5, 5.41) is 12.7. The summed E-state index contributed by atoms with van der Waals surface area (Å²) < 4.78 is 5.20. The van der Waals surface area contributed by atoms with E-state index in [1.54, 1.807) is 13.3 Å². The smallest absolute Gasteiger partial charge is 0.326 e. The first-order valence-corrected chi connectivity index (χ1v) is 7.57. The number of hydrogen-bond donors (Lipinski definition) is 3. The van der Waals surface area contributed by atoms with Gasteiger partial charge in [-0.05, 0) is 36.1 Å². The van der Waals surface area contributed by atoms with Crippen LogP contribution in [0.15, 0.2) is 24.4 Å². The monoisotopic (exact) mass is 318 g/mol. The molecule has 0 fully saturated rings. The largest absolute Gasteiger partial charge is 0.497 e. The molecule has 6 heteroatoms. The molecule has 1 atom stereocenters. The molecule has 0 saturated carbocycles. The first-order chi connectivity index (χ1) is 10.9. The van der Waals surface area contributed by atoms with Gasteiger partial charge in [0.1, 0.15) is 11.8 Å². The molecular formula is C17H22N2O4. The van der Waals surface area contributed by atoms with Crippen molar-refractivity contribution in [2.24, 2.45) is 5.92 Å². The minimum absolute atomic E-state index is 0.120. The van der Waals surface area contributed by atoms with Gasteiger partial charge in [0.15, 0.2) is 0 Å². The Morgan fingerprint density at radius 2 is 2.09 bits per heavy atom. The lowest BCUT2D eigenvalue weighted by atomic mass is 10.0. The van der Waals surface area contributed by atoms with Gasteiger partial charge >= 0.3 is 5.97 Å². The van der Waals surface area contributed by atoms with Crippen molar-refractivity contribution in [3.05, 3.63) is 30.0 Å². The maximum Gasteiger partial charge on any atom is 0.326 e. The number of carbonyl (C=O) groups is 2. The van der Waals surface area contributed by atoms with Crippen molar-refractivity contribution in [3.8, 4) is 5.75 Å². The van der Waals surface area contributed by atoms with Crippen LogP contribution < -0.4 is 10.1 Å². The van der Waals surface area contributed by atoms with Gasteiger partial charge < -0.3 is 20.1 Å². The van der Waals surface area contributed by atoms with E-state index in [0.29, 0.717) is 12.2 Å². The summed E-state index contributed by atoms with van der Waals surface area (Å²) in [6.07, 6.45) is 2.29. The number of benzene rings is 1. The second kappa shape index (κ2) is 7.17. The van der Waals surface area contributed by atoms with Gasteiger partial charge in [-0.1, -0.05) is 13.8 Å². The third-order valence-corrected chi connectivity index (χ3v) is 3.67. The molecule has 0 unspecified atom stereocenters. The Hall–Kier alpha value is -2.50. The second-order valence-electron chi connectivity index (χ2n) is 5.99. The van der Waals surface area contributed by atoms with Crippen molar-refractivity contribution in [1.82, 2.24) is 10.3 Å². The van der Waals surface area contributed by atoms with Crippen molar-refractivity contribution < 1.29 is 19.4 Å². The molecule has 0 spiro atoms. The highest BCUT2D eigenvalue weighted by molar-refractivity contribution is 5.91. The normalized spacial score (nSPS) is 12.3. The number of carboxylic acids is 1. The van der Waals surface area contributed by atoms with Gasteiger partial charge in [-0.15, -0.1) is 0 Å². The van der Waals surface area contributed by atoms with Crippen LogP contribution in [-0.2, 0) is 16.0 Å². The Bertz CT molecular complexity index is 706. The third-order valence-electron chi connectivity index (χ3n) is 3.67. The van der Waals surface area contributed by atoms with Crippen LogP contribution in [0.5, 0.6) is 5.75 Å². The zero-order chi connectivity index (χ0) is 17.0. The summed E-state index contributed by atoms with van der Waals surface area (Å²) in [4.78, 5) is 26.5. The van der Waals surface area contributed by atoms with E-state index in [9.17, 15) is 14.7 Å². The summed E-state index contributed by atoms with van der Waals surface area (Å²) >= 11 is 0. The molecule has 0 saturated heterocycles. The summed E-state index contributed by atoms with van der Waals surface area (Å²) in [6, 6.07) is 4.72. The van der Waals surface area contributed by atoms with Gasteiger partial charge in [-0.25, -0.2) is 4.79 Å². The van der Waals surface area contributed by atoms with Crippen LogP contribution >= 0.6 is 0 Å². The van der Waals surface area contributed by atoms with E-state index >= 15 is 0 Å². The fourth-order valence-corrected chi connectivity index (χ4v) is 2.54. The highest BCUT2D eigenvalue weighted by Gasteiger charge is 2.21. The number of amides is 1. The van der Waals surface area contributed by atoms with Gasteiger partial charge in [-0.2, -0.15) is 0 Å². The van der Waals surface area contributed by atoms with Crippen molar-refractivity contribution >= 4 is 22.8 Å². The number of rotatable bonds is 7. The minimum atomic E-state index is -1.01. The molecule has 0 aliphatic heterocycles. The number of aliphatic carboxylic acids is 1. The molecule has 1 amide bonds. The number of H-pyrrole nitrogens is 1. The third kappa shape index (κ3) is 4.25. The predicted molar refractivity (Wildman–Crippen MR) is 87.6 cm³/mol. The van der Waals surface area contributed by atoms with Crippen molar-refractivity contribution in [3.63, 3.8) is 0 Å². The van der Waals surface area contributed by atoms with Crippen LogP contribution in [0.2, 0.25) is 0 Å². The summed E-state index contributed by atoms with van der Waals surface area (Å²) in [6.45, 7) is 3.85. The van der Waals surface area contributed by atoms with E-state index < -0.39 is 12.0 Å². The maximum absolute atomic E-state index is 12.2. The Kier molecular flexibility index (Phi) is 5.26. The van der Waals surface area contributed by atoms with Crippen LogP contribution in [0.25, 0.3) is 10.9 Å². The van der Waals surface area contributed by atoms with Crippen LogP contribution in [0, 0.1) is 5.92 Å². The van der Waals surface area contributed by atoms with Gasteiger partial charge in [-0.3, -0.25) is 4.79 Å². The Balaban J connectivity index is 2.12. The molecule has 1 aromatic carbocycles. The standard InChI is InChI=1S/C17H22N2O4/c1-10(2)6-15(17(21)22)19-16(20)7-11-9-18-14-5-4-12(23-3)8-13(11)14/h4-5,8-10,15,18H,6-7H2,1-3H3,(H,19,20)(H,21,22)/t15-/m0/s1. The van der Waals surface area contributed by atoms with Gasteiger partial charge in [0.2, 0.25) is 5.91 Å². The Morgan fingerprint density at radius 1 is 1.35 bits per heavy atom. The summed E-state index contributed by atoms with van der Waals surface area (Å²) in [5.41, 5.74) is 1.72. The second-order valence-corrected chi connectivity index (χ2v) is 5.99. The topological polar surface area (TPSA) is 91.4 Å². The maximum atomic E-state index is 12.2. The zero-order valence-electron chi connectivity index (χ0n) is 13.6. The fraction of sp³-hybridized carbons (Fsp3) is 0.412. The molecule has 0 bridgehead atoms. The quantitative estimate of drug-likeness (QED) is 0.730. The summed E-state index contributed by atoms with van der Waals surface area (Å²) in [5.74, 6) is -0.412. The molecule has 1 aromatic heterocycles. The predicted octanol–water partition coefficient (Wildman–Crippen LogP) is 2.33. The van der Waals surface area contributed by atoms with E-state index in [1.165, 1.54) is 0 Å². The molecule has 0 aliphatic rings. The Morgan fingerprint density at radius 3 is 2.70 bits per heavy atom. The lowest BCUT2D eigenvalue weighted by Crippen LogP contribution is -2.42. The number of aromatic nitrogens is 1. The number of ether oxygens (including phenoxy) is 1. The first-order valence-electron chi connectivity index (χ1n) is 7.57. The van der Waals surface area contributed by atoms with Crippen LogP contribution in [0.1, 0.15) is 25.8 Å².